The summed E-state index contributed by atoms with van der Waals surface area (Å²) in [4.78, 5) is 10.6. The molecule has 0 atom stereocenters. The van der Waals surface area contributed by atoms with Gasteiger partial charge in [-0.3, -0.25) is 4.79 Å². The van der Waals surface area contributed by atoms with Gasteiger partial charge in [-0.05, 0) is 38.5 Å². The van der Waals surface area contributed by atoms with Crippen LogP contribution < -0.4 is 5.73 Å². The summed E-state index contributed by atoms with van der Waals surface area (Å²) in [5.41, 5.74) is 5.10. The maximum atomic E-state index is 10.6. The Morgan fingerprint density at radius 1 is 0.762 bits per heavy atom. The van der Waals surface area contributed by atoms with Gasteiger partial charge in [-0.15, -0.1) is 0 Å². The first-order chi connectivity index (χ1) is 10.3. The number of primary amides is 1. The Morgan fingerprint density at radius 2 is 1.29 bits per heavy atom. The number of unbranched alkanes of at least 4 members (excludes halogenated alkanes) is 9. The van der Waals surface area contributed by atoms with Gasteiger partial charge in [-0.1, -0.05) is 69.8 Å². The van der Waals surface area contributed by atoms with Gasteiger partial charge in [-0.2, -0.15) is 0 Å². The average Bonchev–Trinajstić information content (AvgIpc) is 2.46. The van der Waals surface area contributed by atoms with E-state index in [0.717, 1.165) is 19.3 Å². The number of hydrogen-bond donors (Lipinski definition) is 1. The van der Waals surface area contributed by atoms with Gasteiger partial charge in [0.05, 0.1) is 0 Å². The molecule has 0 aromatic rings. The van der Waals surface area contributed by atoms with Crippen molar-refractivity contribution in [3.8, 4) is 0 Å². The molecule has 21 heavy (non-hydrogen) atoms. The van der Waals surface area contributed by atoms with E-state index in [1.807, 2.05) is 0 Å². The largest absolute Gasteiger partial charge is 0.370 e. The first-order valence-electron chi connectivity index (χ1n) is 8.85. The standard InChI is InChI=1S/C19H35NO/c1-2-3-4-5-6-7-8-9-10-11-12-13-14-15-16-17-18-19(20)21/h7-8,10-11H,2-6,9,12-18H2,1H3,(H2,20,21)/b8-7-,11-10-. The maximum absolute atomic E-state index is 10.6. The van der Waals surface area contributed by atoms with E-state index < -0.39 is 0 Å². The van der Waals surface area contributed by atoms with Gasteiger partial charge in [0.15, 0.2) is 0 Å². The van der Waals surface area contributed by atoms with Crippen molar-refractivity contribution >= 4 is 5.91 Å². The molecule has 0 radical (unpaired) electrons. The SMILES string of the molecule is CCCCCC/C=C\C/C=C\CCCCCCCC(N)=O. The van der Waals surface area contributed by atoms with E-state index in [0.29, 0.717) is 6.42 Å². The van der Waals surface area contributed by atoms with E-state index >= 15 is 0 Å². The predicted molar refractivity (Wildman–Crippen MR) is 93.2 cm³/mol. The van der Waals surface area contributed by atoms with E-state index in [2.05, 4.69) is 31.2 Å². The topological polar surface area (TPSA) is 43.1 Å². The molecule has 122 valence electrons. The van der Waals surface area contributed by atoms with Crippen LogP contribution in [-0.2, 0) is 4.79 Å². The Balaban J connectivity index is 3.18. The number of carbonyl (C=O) groups excluding carboxylic acids is 1. The number of nitrogens with two attached hydrogens (primary N) is 1. The third-order valence-corrected chi connectivity index (χ3v) is 3.62. The normalized spacial score (nSPS) is 11.7. The van der Waals surface area contributed by atoms with Crippen LogP contribution in [0.1, 0.15) is 90.4 Å². The molecule has 0 aromatic heterocycles. The summed E-state index contributed by atoms with van der Waals surface area (Å²) in [5, 5.41) is 0. The lowest BCUT2D eigenvalue weighted by Gasteiger charge is -1.98. The zero-order chi connectivity index (χ0) is 15.6. The Labute approximate surface area is 131 Å². The van der Waals surface area contributed by atoms with E-state index in [1.54, 1.807) is 0 Å². The lowest BCUT2D eigenvalue weighted by molar-refractivity contribution is -0.118. The van der Waals surface area contributed by atoms with Gasteiger partial charge >= 0.3 is 0 Å². The highest BCUT2D eigenvalue weighted by atomic mass is 16.1. The highest BCUT2D eigenvalue weighted by Gasteiger charge is 1.94. The molecule has 0 aliphatic rings. The number of rotatable bonds is 15. The summed E-state index contributed by atoms with van der Waals surface area (Å²) in [6.45, 7) is 2.25. The monoisotopic (exact) mass is 293 g/mol. The molecule has 0 heterocycles. The van der Waals surface area contributed by atoms with Crippen molar-refractivity contribution in [2.75, 3.05) is 0 Å². The summed E-state index contributed by atoms with van der Waals surface area (Å²) in [7, 11) is 0. The number of amides is 1. The molecule has 0 fully saturated rings. The van der Waals surface area contributed by atoms with Gasteiger partial charge in [0.25, 0.3) is 0 Å². The van der Waals surface area contributed by atoms with Crippen molar-refractivity contribution in [2.24, 2.45) is 5.73 Å². The van der Waals surface area contributed by atoms with Crippen molar-refractivity contribution in [2.45, 2.75) is 90.4 Å². The molecule has 0 unspecified atom stereocenters. The minimum Gasteiger partial charge on any atom is -0.370 e. The zero-order valence-electron chi connectivity index (χ0n) is 14.0. The van der Waals surface area contributed by atoms with E-state index in [1.165, 1.54) is 57.8 Å². The smallest absolute Gasteiger partial charge is 0.217 e. The predicted octanol–water partition coefficient (Wildman–Crippen LogP) is 5.68. The molecule has 0 bridgehead atoms. The van der Waals surface area contributed by atoms with E-state index in [4.69, 9.17) is 5.73 Å². The van der Waals surface area contributed by atoms with Crippen molar-refractivity contribution in [3.63, 3.8) is 0 Å². The second-order valence-corrected chi connectivity index (χ2v) is 5.80. The average molecular weight is 293 g/mol. The van der Waals surface area contributed by atoms with Gasteiger partial charge in [0.1, 0.15) is 0 Å². The van der Waals surface area contributed by atoms with Crippen LogP contribution in [0.25, 0.3) is 0 Å². The minimum absolute atomic E-state index is 0.170. The Morgan fingerprint density at radius 3 is 1.86 bits per heavy atom. The fraction of sp³-hybridized carbons (Fsp3) is 0.737. The highest BCUT2D eigenvalue weighted by Crippen LogP contribution is 2.08. The third kappa shape index (κ3) is 18.9. The second kappa shape index (κ2) is 17.0. The Bertz CT molecular complexity index is 281. The molecule has 2 heteroatoms. The summed E-state index contributed by atoms with van der Waals surface area (Å²) < 4.78 is 0. The highest BCUT2D eigenvalue weighted by molar-refractivity contribution is 5.73. The van der Waals surface area contributed by atoms with Crippen LogP contribution in [0.2, 0.25) is 0 Å². The Kier molecular flexibility index (Phi) is 16.2. The number of carbonyl (C=O) groups is 1. The van der Waals surface area contributed by atoms with Crippen LogP contribution >= 0.6 is 0 Å². The Hall–Kier alpha value is -1.05. The molecule has 0 aliphatic carbocycles. The first-order valence-corrected chi connectivity index (χ1v) is 8.85. The molecule has 0 saturated carbocycles. The maximum Gasteiger partial charge on any atom is 0.217 e. The quantitative estimate of drug-likeness (QED) is 0.306. The molecule has 2 N–H and O–H groups in total. The molecule has 0 spiro atoms. The first kappa shape index (κ1) is 19.9. The minimum atomic E-state index is -0.170. The van der Waals surface area contributed by atoms with Crippen molar-refractivity contribution in [1.82, 2.24) is 0 Å². The molecular formula is C19H35NO. The number of allylic oxidation sites excluding steroid dienone is 4. The third-order valence-electron chi connectivity index (χ3n) is 3.62. The molecule has 2 nitrogen and oxygen atoms in total. The fourth-order valence-electron chi connectivity index (χ4n) is 2.29. The van der Waals surface area contributed by atoms with Gasteiger partial charge < -0.3 is 5.73 Å². The van der Waals surface area contributed by atoms with Crippen molar-refractivity contribution in [3.05, 3.63) is 24.3 Å². The molecule has 0 saturated heterocycles. The molecule has 1 amide bonds. The molecular weight excluding hydrogens is 258 g/mol. The van der Waals surface area contributed by atoms with Crippen molar-refractivity contribution in [1.29, 1.82) is 0 Å². The van der Waals surface area contributed by atoms with Gasteiger partial charge in [0, 0.05) is 6.42 Å². The summed E-state index contributed by atoms with van der Waals surface area (Å²) in [6.07, 6.45) is 24.4. The summed E-state index contributed by atoms with van der Waals surface area (Å²) in [6, 6.07) is 0. The fourth-order valence-corrected chi connectivity index (χ4v) is 2.29. The van der Waals surface area contributed by atoms with E-state index in [-0.39, 0.29) is 5.91 Å². The lowest BCUT2D eigenvalue weighted by atomic mass is 10.1. The van der Waals surface area contributed by atoms with Crippen LogP contribution in [0.3, 0.4) is 0 Å². The molecule has 0 aliphatic heterocycles. The van der Waals surface area contributed by atoms with Crippen LogP contribution in [0, 0.1) is 0 Å². The molecule has 0 rings (SSSR count). The van der Waals surface area contributed by atoms with Gasteiger partial charge in [-0.25, -0.2) is 0 Å². The van der Waals surface area contributed by atoms with Gasteiger partial charge in [0.2, 0.25) is 5.91 Å². The summed E-state index contributed by atoms with van der Waals surface area (Å²) >= 11 is 0. The van der Waals surface area contributed by atoms with Crippen LogP contribution in [0.15, 0.2) is 24.3 Å². The van der Waals surface area contributed by atoms with Crippen LogP contribution in [0.5, 0.6) is 0 Å². The summed E-state index contributed by atoms with van der Waals surface area (Å²) in [5.74, 6) is -0.170. The van der Waals surface area contributed by atoms with Crippen molar-refractivity contribution < 1.29 is 4.79 Å². The zero-order valence-corrected chi connectivity index (χ0v) is 14.0. The van der Waals surface area contributed by atoms with E-state index in [9.17, 15) is 4.79 Å². The van der Waals surface area contributed by atoms with Crippen LogP contribution in [0.4, 0.5) is 0 Å². The lowest BCUT2D eigenvalue weighted by Crippen LogP contribution is -2.09. The van der Waals surface area contributed by atoms with Crippen LogP contribution in [-0.4, -0.2) is 5.91 Å². The molecule has 0 aromatic carbocycles. The second-order valence-electron chi connectivity index (χ2n) is 5.80. The number of hydrogen-bond acceptors (Lipinski definition) is 1.